The molecule has 0 unspecified atom stereocenters. The lowest BCUT2D eigenvalue weighted by Gasteiger charge is -2.11. The number of carbonyl (C=O) groups excluding carboxylic acids is 1. The van der Waals surface area contributed by atoms with Gasteiger partial charge in [-0.25, -0.2) is 0 Å². The summed E-state index contributed by atoms with van der Waals surface area (Å²) in [5, 5.41) is 6.05. The number of carbonyl (C=O) groups is 1. The summed E-state index contributed by atoms with van der Waals surface area (Å²) >= 11 is 5.19. The minimum atomic E-state index is -0.236. The van der Waals surface area contributed by atoms with E-state index in [0.29, 0.717) is 29.7 Å². The van der Waals surface area contributed by atoms with E-state index < -0.39 is 0 Å². The van der Waals surface area contributed by atoms with Crippen LogP contribution in [0.15, 0.2) is 48.5 Å². The number of rotatable bonds is 7. The van der Waals surface area contributed by atoms with Crippen molar-refractivity contribution in [2.75, 3.05) is 6.61 Å². The number of hydrogen-bond donors (Lipinski definition) is 2. The Labute approximate surface area is 161 Å². The standard InChI is InChI=1S/C21H26N2O2S/c1-15(2)12-13-25-19-10-8-18(9-11-19)20(24)23-21(26)22-14-17-6-4-16(3)5-7-17/h4-11,15H,12-14H2,1-3H3,(H2,22,23,24,26). The van der Waals surface area contributed by atoms with E-state index in [0.717, 1.165) is 17.7 Å². The van der Waals surface area contributed by atoms with Crippen LogP contribution in [0.5, 0.6) is 5.75 Å². The second kappa shape index (κ2) is 9.92. The fraction of sp³-hybridized carbons (Fsp3) is 0.333. The van der Waals surface area contributed by atoms with Crippen molar-refractivity contribution in [3.05, 3.63) is 65.2 Å². The summed E-state index contributed by atoms with van der Waals surface area (Å²) in [6, 6.07) is 15.2. The van der Waals surface area contributed by atoms with Gasteiger partial charge >= 0.3 is 0 Å². The Hall–Kier alpha value is -2.40. The number of benzene rings is 2. The molecule has 0 radical (unpaired) electrons. The van der Waals surface area contributed by atoms with Gasteiger partial charge in [0.2, 0.25) is 0 Å². The number of aryl methyl sites for hydroxylation is 1. The molecule has 0 saturated heterocycles. The molecular weight excluding hydrogens is 344 g/mol. The zero-order valence-corrected chi connectivity index (χ0v) is 16.4. The fourth-order valence-electron chi connectivity index (χ4n) is 2.22. The highest BCUT2D eigenvalue weighted by Gasteiger charge is 2.08. The second-order valence-electron chi connectivity index (χ2n) is 6.68. The molecule has 0 aliphatic carbocycles. The molecule has 0 heterocycles. The van der Waals surface area contributed by atoms with Gasteiger partial charge in [-0.3, -0.25) is 10.1 Å². The lowest BCUT2D eigenvalue weighted by molar-refractivity contribution is 0.0976. The largest absolute Gasteiger partial charge is 0.494 e. The molecule has 1 amide bonds. The van der Waals surface area contributed by atoms with Crippen molar-refractivity contribution in [2.24, 2.45) is 5.92 Å². The fourth-order valence-corrected chi connectivity index (χ4v) is 2.39. The van der Waals surface area contributed by atoms with E-state index in [-0.39, 0.29) is 5.91 Å². The van der Waals surface area contributed by atoms with E-state index in [1.165, 1.54) is 5.56 Å². The third-order valence-electron chi connectivity index (χ3n) is 3.88. The third kappa shape index (κ3) is 6.84. The minimum absolute atomic E-state index is 0.236. The molecule has 26 heavy (non-hydrogen) atoms. The maximum atomic E-state index is 12.2. The second-order valence-corrected chi connectivity index (χ2v) is 7.09. The average Bonchev–Trinajstić information content (AvgIpc) is 2.61. The molecular formula is C21H26N2O2S. The molecule has 0 atom stereocenters. The van der Waals surface area contributed by atoms with Gasteiger partial charge in [0.25, 0.3) is 5.91 Å². The topological polar surface area (TPSA) is 50.4 Å². The van der Waals surface area contributed by atoms with Crippen LogP contribution >= 0.6 is 12.2 Å². The minimum Gasteiger partial charge on any atom is -0.494 e. The van der Waals surface area contributed by atoms with E-state index in [1.54, 1.807) is 24.3 Å². The first-order valence-electron chi connectivity index (χ1n) is 8.81. The molecule has 138 valence electrons. The van der Waals surface area contributed by atoms with Crippen molar-refractivity contribution in [3.8, 4) is 5.75 Å². The van der Waals surface area contributed by atoms with Crippen molar-refractivity contribution in [1.29, 1.82) is 0 Å². The van der Waals surface area contributed by atoms with Gasteiger partial charge in [0.1, 0.15) is 5.75 Å². The predicted molar refractivity (Wildman–Crippen MR) is 109 cm³/mol. The summed E-state index contributed by atoms with van der Waals surface area (Å²) in [7, 11) is 0. The van der Waals surface area contributed by atoms with Crippen LogP contribution in [0.3, 0.4) is 0 Å². The average molecular weight is 371 g/mol. The Morgan fingerprint density at radius 2 is 1.73 bits per heavy atom. The summed E-state index contributed by atoms with van der Waals surface area (Å²) in [5.41, 5.74) is 2.86. The number of nitrogens with one attached hydrogen (secondary N) is 2. The van der Waals surface area contributed by atoms with Crippen LogP contribution in [0.25, 0.3) is 0 Å². The van der Waals surface area contributed by atoms with Crippen LogP contribution < -0.4 is 15.4 Å². The summed E-state index contributed by atoms with van der Waals surface area (Å²) in [4.78, 5) is 12.2. The van der Waals surface area contributed by atoms with Crippen LogP contribution in [0, 0.1) is 12.8 Å². The lowest BCUT2D eigenvalue weighted by Crippen LogP contribution is -2.38. The molecule has 0 aromatic heterocycles. The SMILES string of the molecule is Cc1ccc(CNC(=S)NC(=O)c2ccc(OCCC(C)C)cc2)cc1. The Kier molecular flexibility index (Phi) is 7.60. The maximum Gasteiger partial charge on any atom is 0.257 e. The van der Waals surface area contributed by atoms with E-state index in [9.17, 15) is 4.79 Å². The van der Waals surface area contributed by atoms with Crippen molar-refractivity contribution in [3.63, 3.8) is 0 Å². The van der Waals surface area contributed by atoms with Crippen LogP contribution in [0.4, 0.5) is 0 Å². The molecule has 2 N–H and O–H groups in total. The summed E-state index contributed by atoms with van der Waals surface area (Å²) in [6.07, 6.45) is 1.00. The predicted octanol–water partition coefficient (Wildman–Crippen LogP) is 4.22. The molecule has 0 aliphatic rings. The van der Waals surface area contributed by atoms with E-state index >= 15 is 0 Å². The summed E-state index contributed by atoms with van der Waals surface area (Å²) in [6.45, 7) is 7.61. The maximum absolute atomic E-state index is 12.2. The lowest BCUT2D eigenvalue weighted by atomic mass is 10.1. The van der Waals surface area contributed by atoms with Gasteiger partial charge < -0.3 is 10.1 Å². The summed E-state index contributed by atoms with van der Waals surface area (Å²) < 4.78 is 5.66. The Morgan fingerprint density at radius 3 is 2.35 bits per heavy atom. The number of hydrogen-bond acceptors (Lipinski definition) is 3. The smallest absolute Gasteiger partial charge is 0.257 e. The molecule has 4 nitrogen and oxygen atoms in total. The van der Waals surface area contributed by atoms with Gasteiger partial charge in [-0.05, 0) is 61.3 Å². The molecule has 0 saturated carbocycles. The highest BCUT2D eigenvalue weighted by atomic mass is 32.1. The van der Waals surface area contributed by atoms with Gasteiger partial charge in [-0.15, -0.1) is 0 Å². The number of amides is 1. The molecule has 0 fully saturated rings. The first-order valence-corrected chi connectivity index (χ1v) is 9.22. The zero-order chi connectivity index (χ0) is 18.9. The Bertz CT molecular complexity index is 725. The van der Waals surface area contributed by atoms with Crippen molar-refractivity contribution < 1.29 is 9.53 Å². The van der Waals surface area contributed by atoms with Crippen molar-refractivity contribution in [1.82, 2.24) is 10.6 Å². The molecule has 2 rings (SSSR count). The van der Waals surface area contributed by atoms with E-state index in [1.807, 2.05) is 31.2 Å². The van der Waals surface area contributed by atoms with Crippen LogP contribution in [-0.4, -0.2) is 17.6 Å². The molecule has 5 heteroatoms. The van der Waals surface area contributed by atoms with Crippen LogP contribution in [-0.2, 0) is 6.54 Å². The Morgan fingerprint density at radius 1 is 1.08 bits per heavy atom. The monoisotopic (exact) mass is 370 g/mol. The molecule has 2 aromatic carbocycles. The van der Waals surface area contributed by atoms with Gasteiger partial charge in [0.15, 0.2) is 5.11 Å². The molecule has 0 spiro atoms. The normalized spacial score (nSPS) is 10.5. The van der Waals surface area contributed by atoms with Crippen LogP contribution in [0.2, 0.25) is 0 Å². The summed E-state index contributed by atoms with van der Waals surface area (Å²) in [5.74, 6) is 1.14. The molecule has 2 aromatic rings. The van der Waals surface area contributed by atoms with Gasteiger partial charge in [-0.1, -0.05) is 43.7 Å². The van der Waals surface area contributed by atoms with Gasteiger partial charge in [0, 0.05) is 12.1 Å². The van der Waals surface area contributed by atoms with Gasteiger partial charge in [-0.2, -0.15) is 0 Å². The zero-order valence-electron chi connectivity index (χ0n) is 15.5. The number of ether oxygens (including phenoxy) is 1. The first-order chi connectivity index (χ1) is 12.4. The highest BCUT2D eigenvalue weighted by molar-refractivity contribution is 7.80. The third-order valence-corrected chi connectivity index (χ3v) is 4.13. The highest BCUT2D eigenvalue weighted by Crippen LogP contribution is 2.13. The van der Waals surface area contributed by atoms with Gasteiger partial charge in [0.05, 0.1) is 6.61 Å². The van der Waals surface area contributed by atoms with E-state index in [4.69, 9.17) is 17.0 Å². The quantitative estimate of drug-likeness (QED) is 0.717. The van der Waals surface area contributed by atoms with E-state index in [2.05, 4.69) is 24.5 Å². The molecule has 0 bridgehead atoms. The van der Waals surface area contributed by atoms with Crippen LogP contribution in [0.1, 0.15) is 41.8 Å². The van der Waals surface area contributed by atoms with Crippen molar-refractivity contribution in [2.45, 2.75) is 33.7 Å². The van der Waals surface area contributed by atoms with Crippen molar-refractivity contribution >= 4 is 23.2 Å². The Balaban J connectivity index is 1.79. The first kappa shape index (κ1) is 19.9. The molecule has 0 aliphatic heterocycles. The number of thiocarbonyl (C=S) groups is 1.